The van der Waals surface area contributed by atoms with Gasteiger partial charge in [0.2, 0.25) is 0 Å². The fraction of sp³-hybridized carbons (Fsp3) is 0.550. The SMILES string of the molecule is CC(C)(C)c1ccc(C=CC(=O)O)c(OCCN2CCCCC2)c1. The van der Waals surface area contributed by atoms with Crippen LogP contribution in [0, 0.1) is 0 Å². The molecule has 0 atom stereocenters. The molecule has 1 heterocycles. The number of carboxylic acid groups (broad SMARTS) is 1. The lowest BCUT2D eigenvalue weighted by molar-refractivity contribution is -0.131. The number of ether oxygens (including phenoxy) is 1. The first kappa shape index (κ1) is 18.5. The van der Waals surface area contributed by atoms with Crippen molar-refractivity contribution in [3.05, 3.63) is 35.4 Å². The van der Waals surface area contributed by atoms with Gasteiger partial charge in [-0.25, -0.2) is 4.79 Å². The third-order valence-corrected chi connectivity index (χ3v) is 4.40. The fourth-order valence-electron chi connectivity index (χ4n) is 2.89. The number of benzene rings is 1. The average Bonchev–Trinajstić information content (AvgIpc) is 2.53. The second-order valence-electron chi connectivity index (χ2n) is 7.42. The molecule has 0 spiro atoms. The van der Waals surface area contributed by atoms with Crippen molar-refractivity contribution >= 4 is 12.0 Å². The van der Waals surface area contributed by atoms with E-state index in [4.69, 9.17) is 9.84 Å². The Hall–Kier alpha value is -1.81. The average molecular weight is 331 g/mol. The van der Waals surface area contributed by atoms with E-state index >= 15 is 0 Å². The molecule has 1 aromatic rings. The van der Waals surface area contributed by atoms with Gasteiger partial charge in [0.1, 0.15) is 12.4 Å². The molecule has 4 heteroatoms. The predicted octanol–water partition coefficient (Wildman–Crippen LogP) is 3.95. The van der Waals surface area contributed by atoms with Gasteiger partial charge in [-0.2, -0.15) is 0 Å². The minimum atomic E-state index is -0.950. The van der Waals surface area contributed by atoms with Gasteiger partial charge >= 0.3 is 5.97 Å². The van der Waals surface area contributed by atoms with E-state index in [-0.39, 0.29) is 5.41 Å². The standard InChI is InChI=1S/C20H29NO3/c1-20(2,3)17-9-7-16(8-10-19(22)23)18(15-17)24-14-13-21-11-5-4-6-12-21/h7-10,15H,4-6,11-14H2,1-3H3,(H,22,23). The van der Waals surface area contributed by atoms with Gasteiger partial charge in [-0.1, -0.05) is 39.3 Å². The van der Waals surface area contributed by atoms with Crippen LogP contribution in [0.15, 0.2) is 24.3 Å². The lowest BCUT2D eigenvalue weighted by atomic mass is 9.86. The van der Waals surface area contributed by atoms with Crippen molar-refractivity contribution in [3.63, 3.8) is 0 Å². The highest BCUT2D eigenvalue weighted by atomic mass is 16.5. The van der Waals surface area contributed by atoms with Crippen LogP contribution in [0.4, 0.5) is 0 Å². The highest BCUT2D eigenvalue weighted by molar-refractivity contribution is 5.85. The fourth-order valence-corrected chi connectivity index (χ4v) is 2.89. The van der Waals surface area contributed by atoms with Crippen molar-refractivity contribution in [2.24, 2.45) is 0 Å². The third kappa shape index (κ3) is 5.68. The zero-order valence-electron chi connectivity index (χ0n) is 15.0. The van der Waals surface area contributed by atoms with Gasteiger partial charge in [0.15, 0.2) is 0 Å². The molecule has 24 heavy (non-hydrogen) atoms. The first-order chi connectivity index (χ1) is 11.4. The highest BCUT2D eigenvalue weighted by Gasteiger charge is 2.16. The van der Waals surface area contributed by atoms with Gasteiger partial charge < -0.3 is 9.84 Å². The molecular weight excluding hydrogens is 302 g/mol. The predicted molar refractivity (Wildman–Crippen MR) is 97.6 cm³/mol. The van der Waals surface area contributed by atoms with E-state index in [9.17, 15) is 4.79 Å². The van der Waals surface area contributed by atoms with Gasteiger partial charge in [0.05, 0.1) is 0 Å². The molecule has 1 N–H and O–H groups in total. The molecule has 1 aromatic carbocycles. The Bertz CT molecular complexity index is 581. The Morgan fingerprint density at radius 2 is 1.96 bits per heavy atom. The number of rotatable bonds is 6. The van der Waals surface area contributed by atoms with Gasteiger partial charge in [-0.3, -0.25) is 4.90 Å². The lowest BCUT2D eigenvalue weighted by Gasteiger charge is -2.26. The minimum Gasteiger partial charge on any atom is -0.492 e. The molecule has 4 nitrogen and oxygen atoms in total. The van der Waals surface area contributed by atoms with Crippen molar-refractivity contribution < 1.29 is 14.6 Å². The van der Waals surface area contributed by atoms with Crippen molar-refractivity contribution in [1.82, 2.24) is 4.90 Å². The molecule has 0 saturated carbocycles. The molecule has 0 radical (unpaired) electrons. The van der Waals surface area contributed by atoms with Gasteiger partial charge in [0.25, 0.3) is 0 Å². The van der Waals surface area contributed by atoms with E-state index in [1.807, 2.05) is 18.2 Å². The quantitative estimate of drug-likeness (QED) is 0.802. The molecule has 2 rings (SSSR count). The van der Waals surface area contributed by atoms with E-state index in [2.05, 4.69) is 25.7 Å². The van der Waals surface area contributed by atoms with Crippen LogP contribution in [0.2, 0.25) is 0 Å². The van der Waals surface area contributed by atoms with Gasteiger partial charge in [-0.05, 0) is 49.1 Å². The van der Waals surface area contributed by atoms with E-state index in [0.29, 0.717) is 6.61 Å². The van der Waals surface area contributed by atoms with Crippen molar-refractivity contribution in [3.8, 4) is 5.75 Å². The van der Waals surface area contributed by atoms with Crippen LogP contribution in [0.3, 0.4) is 0 Å². The Morgan fingerprint density at radius 1 is 1.25 bits per heavy atom. The largest absolute Gasteiger partial charge is 0.492 e. The molecule has 0 unspecified atom stereocenters. The minimum absolute atomic E-state index is 0.0278. The first-order valence-corrected chi connectivity index (χ1v) is 8.77. The summed E-state index contributed by atoms with van der Waals surface area (Å²) >= 11 is 0. The van der Waals surface area contributed by atoms with Crippen molar-refractivity contribution in [2.75, 3.05) is 26.2 Å². The van der Waals surface area contributed by atoms with Crippen LogP contribution in [-0.4, -0.2) is 42.2 Å². The Kier molecular flexibility index (Phi) is 6.44. The summed E-state index contributed by atoms with van der Waals surface area (Å²) in [6.07, 6.45) is 6.63. The number of hydrogen-bond donors (Lipinski definition) is 1. The monoisotopic (exact) mass is 331 g/mol. The Labute approximate surface area is 145 Å². The highest BCUT2D eigenvalue weighted by Crippen LogP contribution is 2.29. The van der Waals surface area contributed by atoms with Crippen molar-refractivity contribution in [2.45, 2.75) is 45.4 Å². The second-order valence-corrected chi connectivity index (χ2v) is 7.42. The summed E-state index contributed by atoms with van der Waals surface area (Å²) in [5.74, 6) is -0.189. The van der Waals surface area contributed by atoms with E-state index in [0.717, 1.165) is 37.0 Å². The zero-order chi connectivity index (χ0) is 17.6. The van der Waals surface area contributed by atoms with Gasteiger partial charge in [-0.15, -0.1) is 0 Å². The van der Waals surface area contributed by atoms with E-state index in [1.165, 1.54) is 24.8 Å². The molecule has 1 aliphatic heterocycles. The molecule has 1 saturated heterocycles. The molecule has 1 fully saturated rings. The summed E-state index contributed by atoms with van der Waals surface area (Å²) in [5, 5.41) is 8.86. The molecular formula is C20H29NO3. The van der Waals surface area contributed by atoms with Crippen LogP contribution in [0.5, 0.6) is 5.75 Å². The number of nitrogens with zero attached hydrogens (tertiary/aromatic N) is 1. The normalized spacial score (nSPS) is 16.5. The van der Waals surface area contributed by atoms with Crippen LogP contribution in [0.25, 0.3) is 6.08 Å². The summed E-state index contributed by atoms with van der Waals surface area (Å²) in [7, 11) is 0. The maximum absolute atomic E-state index is 10.8. The number of carbonyl (C=O) groups is 1. The molecule has 0 aliphatic carbocycles. The third-order valence-electron chi connectivity index (χ3n) is 4.40. The molecule has 0 aromatic heterocycles. The summed E-state index contributed by atoms with van der Waals surface area (Å²) < 4.78 is 6.02. The maximum atomic E-state index is 10.8. The smallest absolute Gasteiger partial charge is 0.328 e. The van der Waals surface area contributed by atoms with Crippen LogP contribution in [0.1, 0.15) is 51.2 Å². The maximum Gasteiger partial charge on any atom is 0.328 e. The molecule has 132 valence electrons. The number of aliphatic carboxylic acids is 1. The van der Waals surface area contributed by atoms with Crippen molar-refractivity contribution in [1.29, 1.82) is 0 Å². The number of hydrogen-bond acceptors (Lipinski definition) is 3. The van der Waals surface area contributed by atoms with Crippen LogP contribution in [-0.2, 0) is 10.2 Å². The molecule has 0 bridgehead atoms. The van der Waals surface area contributed by atoms with Gasteiger partial charge in [0, 0.05) is 18.2 Å². The summed E-state index contributed by atoms with van der Waals surface area (Å²) in [6, 6.07) is 6.02. The first-order valence-electron chi connectivity index (χ1n) is 8.77. The van der Waals surface area contributed by atoms with Crippen LogP contribution < -0.4 is 4.74 Å². The summed E-state index contributed by atoms with van der Waals surface area (Å²) in [5.41, 5.74) is 2.02. The second kappa shape index (κ2) is 8.34. The number of likely N-dealkylation sites (tertiary alicyclic amines) is 1. The lowest BCUT2D eigenvalue weighted by Crippen LogP contribution is -2.33. The van der Waals surface area contributed by atoms with E-state index < -0.39 is 5.97 Å². The number of carboxylic acids is 1. The zero-order valence-corrected chi connectivity index (χ0v) is 15.0. The molecule has 0 amide bonds. The topological polar surface area (TPSA) is 49.8 Å². The summed E-state index contributed by atoms with van der Waals surface area (Å²) in [4.78, 5) is 13.2. The molecule has 1 aliphatic rings. The Morgan fingerprint density at radius 3 is 2.58 bits per heavy atom. The van der Waals surface area contributed by atoms with E-state index in [1.54, 1.807) is 6.08 Å². The van der Waals surface area contributed by atoms with Crippen LogP contribution >= 0.6 is 0 Å². The number of piperidine rings is 1. The Balaban J connectivity index is 2.09. The summed E-state index contributed by atoms with van der Waals surface area (Å²) in [6.45, 7) is 10.3.